The van der Waals surface area contributed by atoms with Gasteiger partial charge in [-0.25, -0.2) is 0 Å². The maximum absolute atomic E-state index is 12.3. The number of ether oxygens (including phenoxy) is 1. The summed E-state index contributed by atoms with van der Waals surface area (Å²) in [4.78, 5) is 15.4. The van der Waals surface area contributed by atoms with Gasteiger partial charge < -0.3 is 9.72 Å². The number of rotatable bonds is 4. The average Bonchev–Trinajstić information content (AvgIpc) is 3.13. The van der Waals surface area contributed by atoms with Crippen LogP contribution >= 0.6 is 0 Å². The summed E-state index contributed by atoms with van der Waals surface area (Å²) in [6, 6.07) is 7.46. The number of nitrogens with zero attached hydrogens (tertiary/aromatic N) is 1. The third kappa shape index (κ3) is 2.45. The van der Waals surface area contributed by atoms with E-state index < -0.39 is 0 Å². The van der Waals surface area contributed by atoms with Crippen molar-refractivity contribution in [1.29, 1.82) is 5.26 Å². The van der Waals surface area contributed by atoms with Gasteiger partial charge in [-0.1, -0.05) is 0 Å². The van der Waals surface area contributed by atoms with Crippen LogP contribution in [0.2, 0.25) is 0 Å². The first kappa shape index (κ1) is 12.9. The lowest BCUT2D eigenvalue weighted by atomic mass is 10.0. The Hall–Kier alpha value is -2.12. The summed E-state index contributed by atoms with van der Waals surface area (Å²) < 4.78 is 5.54. The van der Waals surface area contributed by atoms with E-state index in [0.29, 0.717) is 17.5 Å². The van der Waals surface area contributed by atoms with Crippen molar-refractivity contribution in [3.8, 4) is 6.07 Å². The number of nitriles is 1. The SMILES string of the molecule is N#Cc1ccc2[nH]cc(C(=O)CCC3CCCO3)c2c1. The minimum atomic E-state index is 0.113. The van der Waals surface area contributed by atoms with Crippen molar-refractivity contribution in [2.45, 2.75) is 31.8 Å². The molecular weight excluding hydrogens is 252 g/mol. The summed E-state index contributed by atoms with van der Waals surface area (Å²) in [6.45, 7) is 0.817. The second-order valence-electron chi connectivity index (χ2n) is 5.17. The number of nitrogens with one attached hydrogen (secondary N) is 1. The summed E-state index contributed by atoms with van der Waals surface area (Å²) in [5, 5.41) is 9.78. The minimum absolute atomic E-state index is 0.113. The smallest absolute Gasteiger partial charge is 0.165 e. The first-order valence-electron chi connectivity index (χ1n) is 6.94. The van der Waals surface area contributed by atoms with Crippen LogP contribution in [0.15, 0.2) is 24.4 Å². The normalized spacial score (nSPS) is 18.2. The lowest BCUT2D eigenvalue weighted by molar-refractivity contribution is 0.0860. The number of hydrogen-bond acceptors (Lipinski definition) is 3. The largest absolute Gasteiger partial charge is 0.378 e. The molecule has 1 unspecified atom stereocenters. The fourth-order valence-electron chi connectivity index (χ4n) is 2.72. The fraction of sp³-hybridized carbons (Fsp3) is 0.375. The molecule has 1 fully saturated rings. The number of ketones is 1. The molecule has 0 spiro atoms. The van der Waals surface area contributed by atoms with Crippen molar-refractivity contribution in [2.75, 3.05) is 6.61 Å². The maximum Gasteiger partial charge on any atom is 0.165 e. The molecule has 0 aliphatic carbocycles. The van der Waals surface area contributed by atoms with Crippen LogP contribution < -0.4 is 0 Å². The van der Waals surface area contributed by atoms with Gasteiger partial charge in [-0.05, 0) is 37.5 Å². The molecule has 1 aromatic carbocycles. The molecule has 1 aliphatic rings. The van der Waals surface area contributed by atoms with E-state index in [1.165, 1.54) is 0 Å². The zero-order valence-electron chi connectivity index (χ0n) is 11.2. The van der Waals surface area contributed by atoms with Gasteiger partial charge in [0.15, 0.2) is 5.78 Å². The van der Waals surface area contributed by atoms with Crippen molar-refractivity contribution in [2.24, 2.45) is 0 Å². The lowest BCUT2D eigenvalue weighted by Gasteiger charge is -2.07. The van der Waals surface area contributed by atoms with Crippen LogP contribution in [0, 0.1) is 11.3 Å². The number of carbonyl (C=O) groups is 1. The molecule has 0 bridgehead atoms. The van der Waals surface area contributed by atoms with E-state index in [1.54, 1.807) is 18.3 Å². The molecule has 4 heteroatoms. The third-order valence-corrected chi connectivity index (χ3v) is 3.83. The number of aromatic nitrogens is 1. The Bertz CT molecular complexity index is 675. The highest BCUT2D eigenvalue weighted by Gasteiger charge is 2.18. The van der Waals surface area contributed by atoms with Gasteiger partial charge in [-0.3, -0.25) is 4.79 Å². The van der Waals surface area contributed by atoms with Gasteiger partial charge in [0.25, 0.3) is 0 Å². The Morgan fingerprint density at radius 3 is 3.15 bits per heavy atom. The molecule has 1 aliphatic heterocycles. The molecule has 3 rings (SSSR count). The van der Waals surface area contributed by atoms with Crippen molar-refractivity contribution < 1.29 is 9.53 Å². The van der Waals surface area contributed by atoms with Crippen molar-refractivity contribution in [3.05, 3.63) is 35.5 Å². The number of fused-ring (bicyclic) bond motifs is 1. The minimum Gasteiger partial charge on any atom is -0.378 e. The molecule has 0 radical (unpaired) electrons. The highest BCUT2D eigenvalue weighted by molar-refractivity contribution is 6.08. The van der Waals surface area contributed by atoms with E-state index >= 15 is 0 Å². The van der Waals surface area contributed by atoms with Crippen LogP contribution in [-0.2, 0) is 4.74 Å². The quantitative estimate of drug-likeness (QED) is 0.866. The molecular formula is C16H16N2O2. The van der Waals surface area contributed by atoms with E-state index in [1.807, 2.05) is 6.07 Å². The van der Waals surface area contributed by atoms with Gasteiger partial charge in [-0.15, -0.1) is 0 Å². The zero-order chi connectivity index (χ0) is 13.9. The second-order valence-corrected chi connectivity index (χ2v) is 5.17. The molecule has 1 atom stereocenters. The van der Waals surface area contributed by atoms with E-state index in [2.05, 4.69) is 11.1 Å². The summed E-state index contributed by atoms with van der Waals surface area (Å²) in [6.07, 6.45) is 5.40. The number of aromatic amines is 1. The molecule has 2 aromatic rings. The highest BCUT2D eigenvalue weighted by atomic mass is 16.5. The number of H-pyrrole nitrogens is 1. The fourth-order valence-corrected chi connectivity index (χ4v) is 2.72. The number of Topliss-reactive ketones (excluding diaryl/α,β-unsaturated/α-hetero) is 1. The van der Waals surface area contributed by atoms with Gasteiger partial charge in [0.2, 0.25) is 0 Å². The molecule has 0 amide bonds. The summed E-state index contributed by atoms with van der Waals surface area (Å²) in [7, 11) is 0. The molecule has 0 saturated carbocycles. The monoisotopic (exact) mass is 268 g/mol. The Labute approximate surface area is 117 Å². The molecule has 2 heterocycles. The van der Waals surface area contributed by atoms with Gasteiger partial charge in [0.05, 0.1) is 17.7 Å². The van der Waals surface area contributed by atoms with E-state index in [9.17, 15) is 4.79 Å². The average molecular weight is 268 g/mol. The Kier molecular flexibility index (Phi) is 3.53. The molecule has 1 saturated heterocycles. The van der Waals surface area contributed by atoms with E-state index in [-0.39, 0.29) is 11.9 Å². The first-order valence-corrected chi connectivity index (χ1v) is 6.94. The molecule has 4 nitrogen and oxygen atoms in total. The van der Waals surface area contributed by atoms with Gasteiger partial charge in [0, 0.05) is 35.7 Å². The topological polar surface area (TPSA) is 65.9 Å². The van der Waals surface area contributed by atoms with Crippen LogP contribution in [0.25, 0.3) is 10.9 Å². The van der Waals surface area contributed by atoms with Crippen molar-refractivity contribution in [3.63, 3.8) is 0 Å². The summed E-state index contributed by atoms with van der Waals surface area (Å²) >= 11 is 0. The summed E-state index contributed by atoms with van der Waals surface area (Å²) in [5.74, 6) is 0.113. The van der Waals surface area contributed by atoms with E-state index in [0.717, 1.165) is 36.8 Å². The van der Waals surface area contributed by atoms with Crippen LogP contribution in [0.1, 0.15) is 41.6 Å². The zero-order valence-corrected chi connectivity index (χ0v) is 11.2. The predicted octanol–water partition coefficient (Wildman–Crippen LogP) is 3.18. The number of benzene rings is 1. The number of hydrogen-bond donors (Lipinski definition) is 1. The lowest BCUT2D eigenvalue weighted by Crippen LogP contribution is -2.08. The standard InChI is InChI=1S/C16H16N2O2/c17-9-11-3-5-15-13(8-11)14(10-18-15)16(19)6-4-12-2-1-7-20-12/h3,5,8,10,12,18H,1-2,4,6-7H2. The third-order valence-electron chi connectivity index (χ3n) is 3.83. The van der Waals surface area contributed by atoms with Gasteiger partial charge in [0.1, 0.15) is 0 Å². The van der Waals surface area contributed by atoms with Crippen molar-refractivity contribution in [1.82, 2.24) is 4.98 Å². The highest BCUT2D eigenvalue weighted by Crippen LogP contribution is 2.23. The van der Waals surface area contributed by atoms with E-state index in [4.69, 9.17) is 10.00 Å². The van der Waals surface area contributed by atoms with Crippen molar-refractivity contribution >= 4 is 16.7 Å². The molecule has 1 N–H and O–H groups in total. The molecule has 1 aromatic heterocycles. The molecule has 20 heavy (non-hydrogen) atoms. The van der Waals surface area contributed by atoms with Crippen LogP contribution in [0.3, 0.4) is 0 Å². The first-order chi connectivity index (χ1) is 9.78. The van der Waals surface area contributed by atoms with Crippen LogP contribution in [0.4, 0.5) is 0 Å². The van der Waals surface area contributed by atoms with Gasteiger partial charge >= 0.3 is 0 Å². The Morgan fingerprint density at radius 1 is 1.50 bits per heavy atom. The predicted molar refractivity (Wildman–Crippen MR) is 75.6 cm³/mol. The molecule has 102 valence electrons. The Balaban J connectivity index is 1.78. The van der Waals surface area contributed by atoms with Gasteiger partial charge in [-0.2, -0.15) is 5.26 Å². The van der Waals surface area contributed by atoms with Crippen LogP contribution in [-0.4, -0.2) is 23.5 Å². The second kappa shape index (κ2) is 5.48. The maximum atomic E-state index is 12.3. The number of carbonyl (C=O) groups excluding carboxylic acids is 1. The summed E-state index contributed by atoms with van der Waals surface area (Å²) in [5.41, 5.74) is 2.14. The Morgan fingerprint density at radius 2 is 2.40 bits per heavy atom. The van der Waals surface area contributed by atoms with Crippen LogP contribution in [0.5, 0.6) is 0 Å².